The zero-order valence-corrected chi connectivity index (χ0v) is 3.46. The number of nitriles is 2. The fourth-order valence-corrected chi connectivity index (χ4v) is 0.0897. The minimum Gasteiger partial charge on any atom is -0.301 e. The zero-order valence-electron chi connectivity index (χ0n) is 3.46. The van der Waals surface area contributed by atoms with Crippen LogP contribution in [0, 0.1) is 28.6 Å². The first-order valence-corrected chi connectivity index (χ1v) is 1.59. The van der Waals surface area contributed by atoms with Crippen LogP contribution in [0.2, 0.25) is 0 Å². The van der Waals surface area contributed by atoms with Gasteiger partial charge >= 0.3 is 0 Å². The van der Waals surface area contributed by atoms with Gasteiger partial charge in [0.1, 0.15) is 0 Å². The van der Waals surface area contributed by atoms with Gasteiger partial charge in [0.25, 0.3) is 0 Å². The molecule has 0 aliphatic rings. The van der Waals surface area contributed by atoms with Crippen molar-refractivity contribution in [1.82, 2.24) is 0 Å². The lowest BCUT2D eigenvalue weighted by atomic mass is 10.2. The summed E-state index contributed by atoms with van der Waals surface area (Å²) in [6.07, 6.45) is 0.306. The first kappa shape index (κ1) is 5.65. The predicted octanol–water partition coefficient (Wildman–Crippen LogP) is -0.151. The SMILES string of the molecule is N#CC(C#N)C=O. The minimum atomic E-state index is -1.08. The second-order valence-corrected chi connectivity index (χ2v) is 0.872. The third kappa shape index (κ3) is 1.51. The molecule has 0 aromatic rings. The van der Waals surface area contributed by atoms with E-state index < -0.39 is 5.92 Å². The summed E-state index contributed by atoms with van der Waals surface area (Å²) in [4.78, 5) is 9.52. The number of aldehydes is 1. The number of carbonyl (C=O) groups excluding carboxylic acids is 1. The lowest BCUT2D eigenvalue weighted by Gasteiger charge is -1.72. The van der Waals surface area contributed by atoms with Gasteiger partial charge in [0.2, 0.25) is 0 Å². The van der Waals surface area contributed by atoms with Crippen molar-refractivity contribution in [3.05, 3.63) is 0 Å². The molecule has 0 bridgehead atoms. The molecule has 7 heavy (non-hydrogen) atoms. The van der Waals surface area contributed by atoms with Crippen LogP contribution in [0.3, 0.4) is 0 Å². The van der Waals surface area contributed by atoms with Crippen molar-refractivity contribution in [3.63, 3.8) is 0 Å². The highest BCUT2D eigenvalue weighted by Crippen LogP contribution is 1.80. The maximum atomic E-state index is 9.52. The van der Waals surface area contributed by atoms with Crippen LogP contribution in [0.5, 0.6) is 0 Å². The van der Waals surface area contributed by atoms with E-state index in [2.05, 4.69) is 0 Å². The Morgan fingerprint density at radius 2 is 1.86 bits per heavy atom. The second-order valence-electron chi connectivity index (χ2n) is 0.872. The lowest BCUT2D eigenvalue weighted by Crippen LogP contribution is -1.90. The van der Waals surface area contributed by atoms with Crippen molar-refractivity contribution in [1.29, 1.82) is 10.5 Å². The largest absolute Gasteiger partial charge is 0.301 e. The van der Waals surface area contributed by atoms with E-state index in [1.54, 1.807) is 0 Å². The van der Waals surface area contributed by atoms with Gasteiger partial charge in [-0.2, -0.15) is 10.5 Å². The summed E-state index contributed by atoms with van der Waals surface area (Å²) in [5, 5.41) is 15.6. The maximum absolute atomic E-state index is 9.52. The molecule has 34 valence electrons. The molecule has 0 atom stereocenters. The first-order chi connectivity index (χ1) is 3.35. The van der Waals surface area contributed by atoms with Gasteiger partial charge in [-0.3, -0.25) is 0 Å². The average Bonchev–Trinajstić information content (AvgIpc) is 1.72. The minimum absolute atomic E-state index is 0.306. The van der Waals surface area contributed by atoms with Crippen LogP contribution in [0.4, 0.5) is 0 Å². The molecule has 3 nitrogen and oxygen atoms in total. The van der Waals surface area contributed by atoms with Gasteiger partial charge in [-0.05, 0) is 0 Å². The van der Waals surface area contributed by atoms with Crippen LogP contribution in [0.25, 0.3) is 0 Å². The monoisotopic (exact) mass is 94.0 g/mol. The summed E-state index contributed by atoms with van der Waals surface area (Å²) in [5.74, 6) is -1.08. The number of rotatable bonds is 1. The van der Waals surface area contributed by atoms with Gasteiger partial charge in [-0.15, -0.1) is 0 Å². The molecule has 0 saturated heterocycles. The molecule has 0 spiro atoms. The van der Waals surface area contributed by atoms with Crippen LogP contribution in [-0.4, -0.2) is 6.29 Å². The van der Waals surface area contributed by atoms with E-state index in [1.807, 2.05) is 0 Å². The van der Waals surface area contributed by atoms with Crippen LogP contribution in [0.15, 0.2) is 0 Å². The Hall–Kier alpha value is -1.35. The predicted molar refractivity (Wildman–Crippen MR) is 20.8 cm³/mol. The maximum Gasteiger partial charge on any atom is 0.188 e. The summed E-state index contributed by atoms with van der Waals surface area (Å²) >= 11 is 0. The molecular weight excluding hydrogens is 92.1 g/mol. The Labute approximate surface area is 40.8 Å². The van der Waals surface area contributed by atoms with E-state index in [4.69, 9.17) is 10.5 Å². The Balaban J connectivity index is 3.73. The fraction of sp³-hybridized carbons (Fsp3) is 0.250. The van der Waals surface area contributed by atoms with E-state index in [-0.39, 0.29) is 0 Å². The molecule has 0 aromatic carbocycles. The van der Waals surface area contributed by atoms with Crippen molar-refractivity contribution in [2.75, 3.05) is 0 Å². The smallest absolute Gasteiger partial charge is 0.188 e. The average molecular weight is 94.1 g/mol. The summed E-state index contributed by atoms with van der Waals surface area (Å²) in [6.45, 7) is 0. The normalized spacial score (nSPS) is 6.71. The van der Waals surface area contributed by atoms with Crippen LogP contribution < -0.4 is 0 Å². The molecule has 0 aromatic heterocycles. The molecule has 3 heteroatoms. The van der Waals surface area contributed by atoms with E-state index in [0.29, 0.717) is 6.29 Å². The van der Waals surface area contributed by atoms with Gasteiger partial charge < -0.3 is 4.79 Å². The van der Waals surface area contributed by atoms with Crippen LogP contribution in [0.1, 0.15) is 0 Å². The molecule has 0 saturated carbocycles. The Bertz CT molecular complexity index is 125. The highest BCUT2D eigenvalue weighted by Gasteiger charge is 1.97. The standard InChI is InChI=1S/C4H2N2O/c5-1-4(2-6)3-7/h3-4H. The van der Waals surface area contributed by atoms with Gasteiger partial charge in [0.15, 0.2) is 12.2 Å². The molecule has 0 fully saturated rings. The Morgan fingerprint density at radius 3 is 1.86 bits per heavy atom. The highest BCUT2D eigenvalue weighted by atomic mass is 16.1. The molecule has 0 unspecified atom stereocenters. The van der Waals surface area contributed by atoms with Gasteiger partial charge in [0.05, 0.1) is 12.1 Å². The van der Waals surface area contributed by atoms with Gasteiger partial charge in [0, 0.05) is 0 Å². The molecule has 0 rings (SSSR count). The zero-order chi connectivity index (χ0) is 5.70. The molecule has 0 heterocycles. The fourth-order valence-electron chi connectivity index (χ4n) is 0.0897. The lowest BCUT2D eigenvalue weighted by molar-refractivity contribution is -0.108. The summed E-state index contributed by atoms with van der Waals surface area (Å²) in [6, 6.07) is 2.94. The van der Waals surface area contributed by atoms with E-state index >= 15 is 0 Å². The van der Waals surface area contributed by atoms with Crippen molar-refractivity contribution in [2.24, 2.45) is 5.92 Å². The summed E-state index contributed by atoms with van der Waals surface area (Å²) < 4.78 is 0. The number of carbonyl (C=O) groups is 1. The van der Waals surface area contributed by atoms with E-state index in [1.165, 1.54) is 12.1 Å². The topological polar surface area (TPSA) is 64.7 Å². The second kappa shape index (κ2) is 2.87. The van der Waals surface area contributed by atoms with Crippen molar-refractivity contribution < 1.29 is 4.79 Å². The molecule has 0 N–H and O–H groups in total. The van der Waals surface area contributed by atoms with Gasteiger partial charge in [-0.1, -0.05) is 0 Å². The van der Waals surface area contributed by atoms with E-state index in [0.717, 1.165) is 0 Å². The summed E-state index contributed by atoms with van der Waals surface area (Å²) in [5.41, 5.74) is 0. The Kier molecular flexibility index (Phi) is 2.31. The molecular formula is C4H2N2O. The molecule has 0 aliphatic heterocycles. The van der Waals surface area contributed by atoms with Crippen molar-refractivity contribution in [2.45, 2.75) is 0 Å². The number of hydrogen-bond donors (Lipinski definition) is 0. The molecule has 0 radical (unpaired) electrons. The number of nitrogens with zero attached hydrogens (tertiary/aromatic N) is 2. The van der Waals surface area contributed by atoms with Crippen LogP contribution >= 0.6 is 0 Å². The van der Waals surface area contributed by atoms with Crippen LogP contribution in [-0.2, 0) is 4.79 Å². The molecule has 0 amide bonds. The Morgan fingerprint density at radius 1 is 1.43 bits per heavy atom. The van der Waals surface area contributed by atoms with Crippen molar-refractivity contribution in [3.8, 4) is 12.1 Å². The molecule has 0 aliphatic carbocycles. The summed E-state index contributed by atoms with van der Waals surface area (Å²) in [7, 11) is 0. The first-order valence-electron chi connectivity index (χ1n) is 1.59. The van der Waals surface area contributed by atoms with Gasteiger partial charge in [-0.25, -0.2) is 0 Å². The third-order valence-corrected chi connectivity index (χ3v) is 0.414. The van der Waals surface area contributed by atoms with Crippen molar-refractivity contribution >= 4 is 6.29 Å². The third-order valence-electron chi connectivity index (χ3n) is 0.414. The number of hydrogen-bond acceptors (Lipinski definition) is 3. The van der Waals surface area contributed by atoms with E-state index in [9.17, 15) is 4.79 Å². The quantitative estimate of drug-likeness (QED) is 0.424. The highest BCUT2D eigenvalue weighted by molar-refractivity contribution is 5.61.